The zero-order valence-electron chi connectivity index (χ0n) is 9.22. The zero-order chi connectivity index (χ0) is 13.1. The predicted octanol–water partition coefficient (Wildman–Crippen LogP) is 1.73. The number of carbonyl (C=O) groups is 2. The van der Waals surface area contributed by atoms with Crippen LogP contribution in [0.4, 0.5) is 5.69 Å². The third-order valence-corrected chi connectivity index (χ3v) is 3.72. The highest BCUT2D eigenvalue weighted by atomic mass is 79.9. The Kier molecular flexibility index (Phi) is 4.03. The van der Waals surface area contributed by atoms with Gasteiger partial charge in [0.05, 0.1) is 0 Å². The van der Waals surface area contributed by atoms with E-state index in [1.54, 1.807) is 12.1 Å². The largest absolute Gasteiger partial charge is 0.378 e. The minimum atomic E-state index is -0.503. The fourth-order valence-corrected chi connectivity index (χ4v) is 2.70. The van der Waals surface area contributed by atoms with Gasteiger partial charge in [0.2, 0.25) is 5.91 Å². The Bertz CT molecular complexity index is 533. The van der Waals surface area contributed by atoms with Crippen molar-refractivity contribution in [2.75, 3.05) is 5.32 Å². The van der Waals surface area contributed by atoms with Crippen molar-refractivity contribution in [2.45, 2.75) is 11.7 Å². The number of amidine groups is 1. The lowest BCUT2D eigenvalue weighted by atomic mass is 10.2. The Morgan fingerprint density at radius 3 is 2.94 bits per heavy atom. The summed E-state index contributed by atoms with van der Waals surface area (Å²) in [6, 6.07) is 7.24. The molecule has 1 atom stereocenters. The molecule has 5 nitrogen and oxygen atoms in total. The fraction of sp³-hybridized carbons (Fsp3) is 0.182. The molecule has 2 amide bonds. The molecule has 0 spiro atoms. The van der Waals surface area contributed by atoms with Crippen molar-refractivity contribution in [3.63, 3.8) is 0 Å². The maximum atomic E-state index is 11.7. The van der Waals surface area contributed by atoms with E-state index in [0.29, 0.717) is 5.69 Å². The predicted molar refractivity (Wildman–Crippen MR) is 75.4 cm³/mol. The van der Waals surface area contributed by atoms with E-state index in [0.717, 1.165) is 16.2 Å². The average Bonchev–Trinajstić information content (AvgIpc) is 2.57. The Hall–Kier alpha value is -1.34. The second kappa shape index (κ2) is 5.53. The van der Waals surface area contributed by atoms with Crippen LogP contribution in [0.15, 0.2) is 33.7 Å². The molecule has 0 unspecified atom stereocenters. The summed E-state index contributed by atoms with van der Waals surface area (Å²) in [5.74, 6) is -0.578. The van der Waals surface area contributed by atoms with Gasteiger partial charge < -0.3 is 11.1 Å². The second-order valence-corrected chi connectivity index (χ2v) is 5.80. The van der Waals surface area contributed by atoms with E-state index in [4.69, 9.17) is 5.73 Å². The Morgan fingerprint density at radius 2 is 2.33 bits per heavy atom. The monoisotopic (exact) mass is 327 g/mol. The van der Waals surface area contributed by atoms with Crippen molar-refractivity contribution in [3.05, 3.63) is 28.7 Å². The molecule has 1 aromatic rings. The van der Waals surface area contributed by atoms with Crippen LogP contribution in [0.5, 0.6) is 0 Å². The van der Waals surface area contributed by atoms with Crippen molar-refractivity contribution in [3.8, 4) is 0 Å². The molecule has 7 heteroatoms. The fourth-order valence-electron chi connectivity index (χ4n) is 1.48. The lowest BCUT2D eigenvalue weighted by Gasteiger charge is -2.08. The number of amides is 2. The molecule has 3 N–H and O–H groups in total. The minimum absolute atomic E-state index is 0.0697. The minimum Gasteiger partial charge on any atom is -0.378 e. The van der Waals surface area contributed by atoms with Crippen molar-refractivity contribution >= 4 is 50.4 Å². The van der Waals surface area contributed by atoms with Gasteiger partial charge >= 0.3 is 0 Å². The quantitative estimate of drug-likeness (QED) is 0.885. The van der Waals surface area contributed by atoms with Crippen LogP contribution in [0.25, 0.3) is 0 Å². The Morgan fingerprint density at radius 1 is 1.56 bits per heavy atom. The molecule has 0 aromatic heterocycles. The number of nitrogens with zero attached hydrogens (tertiary/aromatic N) is 1. The summed E-state index contributed by atoms with van der Waals surface area (Å²) < 4.78 is 0.874. The Balaban J connectivity index is 1.92. The Labute approximate surface area is 116 Å². The molecule has 0 fully saturated rings. The van der Waals surface area contributed by atoms with Crippen molar-refractivity contribution in [1.82, 2.24) is 0 Å². The molecule has 1 heterocycles. The first-order valence-corrected chi connectivity index (χ1v) is 6.82. The number of anilines is 1. The number of hydrogen-bond acceptors (Lipinski definition) is 4. The van der Waals surface area contributed by atoms with Gasteiger partial charge in [-0.25, -0.2) is 0 Å². The van der Waals surface area contributed by atoms with Crippen molar-refractivity contribution in [1.29, 1.82) is 0 Å². The number of hydrogen-bond donors (Lipinski definition) is 2. The van der Waals surface area contributed by atoms with E-state index in [2.05, 4.69) is 26.2 Å². The van der Waals surface area contributed by atoms with Crippen LogP contribution in [-0.4, -0.2) is 22.2 Å². The number of rotatable bonds is 3. The number of aliphatic imine (C=N–C) groups is 1. The summed E-state index contributed by atoms with van der Waals surface area (Å²) in [4.78, 5) is 26.7. The molecule has 0 radical (unpaired) electrons. The van der Waals surface area contributed by atoms with Crippen molar-refractivity contribution in [2.24, 2.45) is 10.7 Å². The molecule has 1 aromatic carbocycles. The molecule has 0 bridgehead atoms. The summed E-state index contributed by atoms with van der Waals surface area (Å²) in [6.45, 7) is 0. The number of nitrogens with one attached hydrogen (secondary N) is 1. The van der Waals surface area contributed by atoms with E-state index in [9.17, 15) is 9.59 Å². The number of nitrogens with two attached hydrogens (primary N) is 1. The molecular weight excluding hydrogens is 318 g/mol. The molecule has 0 saturated carbocycles. The van der Waals surface area contributed by atoms with Gasteiger partial charge in [0.15, 0.2) is 5.17 Å². The maximum Gasteiger partial charge on any atom is 0.262 e. The molecule has 2 rings (SSSR count). The lowest BCUT2D eigenvalue weighted by Crippen LogP contribution is -2.21. The normalized spacial score (nSPS) is 18.6. The van der Waals surface area contributed by atoms with E-state index in [1.807, 2.05) is 12.1 Å². The van der Waals surface area contributed by atoms with Crippen LogP contribution in [-0.2, 0) is 9.59 Å². The summed E-state index contributed by atoms with van der Waals surface area (Å²) >= 11 is 4.44. The highest BCUT2D eigenvalue weighted by Gasteiger charge is 2.29. The molecule has 1 aliphatic rings. The number of thioether (sulfide) groups is 1. The summed E-state index contributed by atoms with van der Waals surface area (Å²) in [6.07, 6.45) is 0.0697. The van der Waals surface area contributed by atoms with Crippen LogP contribution < -0.4 is 11.1 Å². The first-order valence-electron chi connectivity index (χ1n) is 5.14. The van der Waals surface area contributed by atoms with E-state index >= 15 is 0 Å². The van der Waals surface area contributed by atoms with Crippen LogP contribution in [0.3, 0.4) is 0 Å². The van der Waals surface area contributed by atoms with E-state index in [1.165, 1.54) is 0 Å². The number of benzene rings is 1. The molecular formula is C11H10BrN3O2S. The van der Waals surface area contributed by atoms with E-state index in [-0.39, 0.29) is 23.4 Å². The lowest BCUT2D eigenvalue weighted by molar-refractivity contribution is -0.121. The summed E-state index contributed by atoms with van der Waals surface area (Å²) in [7, 11) is 0. The van der Waals surface area contributed by atoms with Gasteiger partial charge in [-0.05, 0) is 18.2 Å². The van der Waals surface area contributed by atoms with Crippen LogP contribution in [0.1, 0.15) is 6.42 Å². The van der Waals surface area contributed by atoms with Gasteiger partial charge in [-0.2, -0.15) is 4.99 Å². The third-order valence-electron chi connectivity index (χ3n) is 2.24. The SMILES string of the molecule is NC1=NC(=O)[C@@H](CC(=O)Nc2cccc(Br)c2)S1. The highest BCUT2D eigenvalue weighted by Crippen LogP contribution is 2.23. The smallest absolute Gasteiger partial charge is 0.262 e. The average molecular weight is 328 g/mol. The van der Waals surface area contributed by atoms with Gasteiger partial charge in [-0.3, -0.25) is 9.59 Å². The topological polar surface area (TPSA) is 84.5 Å². The number of halogens is 1. The first-order chi connectivity index (χ1) is 8.54. The molecule has 0 saturated heterocycles. The second-order valence-electron chi connectivity index (χ2n) is 3.66. The van der Waals surface area contributed by atoms with Crippen molar-refractivity contribution < 1.29 is 9.59 Å². The van der Waals surface area contributed by atoms with Gasteiger partial charge in [0, 0.05) is 16.6 Å². The van der Waals surface area contributed by atoms with Gasteiger partial charge in [0.1, 0.15) is 5.25 Å². The van der Waals surface area contributed by atoms with Gasteiger partial charge in [-0.15, -0.1) is 0 Å². The van der Waals surface area contributed by atoms with E-state index < -0.39 is 5.25 Å². The third kappa shape index (κ3) is 3.33. The number of carbonyl (C=O) groups excluding carboxylic acids is 2. The molecule has 0 aliphatic carbocycles. The first kappa shape index (κ1) is 13.1. The van der Waals surface area contributed by atoms with Gasteiger partial charge in [0.25, 0.3) is 5.91 Å². The molecule has 94 valence electrons. The molecule has 18 heavy (non-hydrogen) atoms. The summed E-state index contributed by atoms with van der Waals surface area (Å²) in [5.41, 5.74) is 6.10. The van der Waals surface area contributed by atoms with Crippen LogP contribution in [0, 0.1) is 0 Å². The van der Waals surface area contributed by atoms with Gasteiger partial charge in [-0.1, -0.05) is 33.8 Å². The highest BCUT2D eigenvalue weighted by molar-refractivity contribution is 9.10. The summed E-state index contributed by atoms with van der Waals surface area (Å²) in [5, 5.41) is 2.44. The standard InChI is InChI=1S/C11H10BrN3O2S/c12-6-2-1-3-7(4-6)14-9(16)5-8-10(17)15-11(13)18-8/h1-4,8H,5H2,(H,14,16)(H2,13,15,17)/t8-/m1/s1. The van der Waals surface area contributed by atoms with Crippen LogP contribution in [0.2, 0.25) is 0 Å². The molecule has 1 aliphatic heterocycles. The van der Waals surface area contributed by atoms with Crippen LogP contribution >= 0.6 is 27.7 Å². The maximum absolute atomic E-state index is 11.7. The zero-order valence-corrected chi connectivity index (χ0v) is 11.6.